The third-order valence-corrected chi connectivity index (χ3v) is 4.39. The molecule has 0 aliphatic carbocycles. The molecule has 1 heterocycles. The average Bonchev–Trinajstić information content (AvgIpc) is 2.68. The van der Waals surface area contributed by atoms with Crippen molar-refractivity contribution in [3.8, 4) is 0 Å². The van der Waals surface area contributed by atoms with E-state index in [1.54, 1.807) is 12.1 Å². The highest BCUT2D eigenvalue weighted by atomic mass is 32.2. The molecule has 0 radical (unpaired) electrons. The molecule has 0 bridgehead atoms. The van der Waals surface area contributed by atoms with Crippen LogP contribution in [0.5, 0.6) is 0 Å². The Morgan fingerprint density at radius 3 is 2.41 bits per heavy atom. The highest BCUT2D eigenvalue weighted by Crippen LogP contribution is 2.15. The monoisotopic (exact) mass is 254 g/mol. The molecule has 2 rings (SSSR count). The summed E-state index contributed by atoms with van der Waals surface area (Å²) in [6.07, 6.45) is 0.851. The average molecular weight is 254 g/mol. The summed E-state index contributed by atoms with van der Waals surface area (Å²) >= 11 is 0. The first-order valence-electron chi connectivity index (χ1n) is 5.79. The Morgan fingerprint density at radius 1 is 1.24 bits per heavy atom. The quantitative estimate of drug-likeness (QED) is 0.844. The van der Waals surface area contributed by atoms with Gasteiger partial charge in [0.05, 0.1) is 4.90 Å². The molecule has 0 amide bonds. The van der Waals surface area contributed by atoms with Gasteiger partial charge in [0.25, 0.3) is 0 Å². The summed E-state index contributed by atoms with van der Waals surface area (Å²) in [5.41, 5.74) is 1.94. The van der Waals surface area contributed by atoms with Crippen LogP contribution in [0.2, 0.25) is 0 Å². The summed E-state index contributed by atoms with van der Waals surface area (Å²) in [5, 5.41) is 3.14. The minimum atomic E-state index is -3.38. The van der Waals surface area contributed by atoms with Gasteiger partial charge in [0.15, 0.2) is 0 Å². The molecule has 0 aromatic heterocycles. The molecule has 1 saturated heterocycles. The van der Waals surface area contributed by atoms with E-state index in [0.29, 0.717) is 11.4 Å². The molecule has 5 heteroatoms. The number of aryl methyl sites for hydroxylation is 2. The van der Waals surface area contributed by atoms with Crippen LogP contribution in [-0.4, -0.2) is 27.5 Å². The number of nitrogens with one attached hydrogen (secondary N) is 2. The molecule has 94 valence electrons. The molecule has 4 nitrogen and oxygen atoms in total. The van der Waals surface area contributed by atoms with Gasteiger partial charge in [-0.25, -0.2) is 13.1 Å². The van der Waals surface area contributed by atoms with Crippen molar-refractivity contribution in [1.82, 2.24) is 10.0 Å². The van der Waals surface area contributed by atoms with E-state index in [0.717, 1.165) is 24.1 Å². The molecular weight excluding hydrogens is 236 g/mol. The third-order valence-electron chi connectivity index (χ3n) is 2.89. The van der Waals surface area contributed by atoms with Crippen molar-refractivity contribution in [2.24, 2.45) is 0 Å². The van der Waals surface area contributed by atoms with Crippen molar-refractivity contribution in [1.29, 1.82) is 0 Å². The van der Waals surface area contributed by atoms with Crippen molar-refractivity contribution in [3.05, 3.63) is 29.3 Å². The van der Waals surface area contributed by atoms with Gasteiger partial charge in [0.1, 0.15) is 0 Å². The molecule has 1 fully saturated rings. The lowest BCUT2D eigenvalue weighted by atomic mass is 10.2. The molecule has 1 atom stereocenters. The lowest BCUT2D eigenvalue weighted by Gasteiger charge is -2.13. The number of sulfonamides is 1. The SMILES string of the molecule is Cc1cc(C)cc(S(=O)(=O)N[C@@H]2CCNC2)c1. The minimum Gasteiger partial charge on any atom is -0.315 e. The molecule has 1 aromatic rings. The fraction of sp³-hybridized carbons (Fsp3) is 0.500. The van der Waals surface area contributed by atoms with Gasteiger partial charge in [0, 0.05) is 12.6 Å². The van der Waals surface area contributed by atoms with Gasteiger partial charge >= 0.3 is 0 Å². The Kier molecular flexibility index (Phi) is 3.51. The van der Waals surface area contributed by atoms with E-state index in [1.807, 2.05) is 19.9 Å². The van der Waals surface area contributed by atoms with Crippen LogP contribution in [0.3, 0.4) is 0 Å². The summed E-state index contributed by atoms with van der Waals surface area (Å²) in [4.78, 5) is 0.363. The van der Waals surface area contributed by atoms with E-state index < -0.39 is 10.0 Å². The van der Waals surface area contributed by atoms with Gasteiger partial charge in [0.2, 0.25) is 10.0 Å². The van der Waals surface area contributed by atoms with Crippen molar-refractivity contribution in [3.63, 3.8) is 0 Å². The lowest BCUT2D eigenvalue weighted by Crippen LogP contribution is -2.36. The molecule has 0 unspecified atom stereocenters. The number of benzene rings is 1. The molecule has 0 spiro atoms. The Hall–Kier alpha value is -0.910. The topological polar surface area (TPSA) is 58.2 Å². The number of hydrogen-bond donors (Lipinski definition) is 2. The largest absolute Gasteiger partial charge is 0.315 e. The van der Waals surface area contributed by atoms with Crippen LogP contribution in [0.4, 0.5) is 0 Å². The Labute approximate surface area is 102 Å². The number of rotatable bonds is 3. The van der Waals surface area contributed by atoms with Crippen LogP contribution in [0.15, 0.2) is 23.1 Å². The first-order valence-corrected chi connectivity index (χ1v) is 7.27. The zero-order chi connectivity index (χ0) is 12.5. The second kappa shape index (κ2) is 4.76. The Bertz CT molecular complexity index is 485. The highest BCUT2D eigenvalue weighted by Gasteiger charge is 2.22. The molecule has 2 N–H and O–H groups in total. The van der Waals surface area contributed by atoms with E-state index in [1.165, 1.54) is 0 Å². The summed E-state index contributed by atoms with van der Waals surface area (Å²) in [6.45, 7) is 5.40. The first-order chi connectivity index (χ1) is 7.97. The Morgan fingerprint density at radius 2 is 1.88 bits per heavy atom. The van der Waals surface area contributed by atoms with Crippen molar-refractivity contribution >= 4 is 10.0 Å². The maximum Gasteiger partial charge on any atom is 0.240 e. The van der Waals surface area contributed by atoms with E-state index in [9.17, 15) is 8.42 Å². The maximum atomic E-state index is 12.2. The molecule has 17 heavy (non-hydrogen) atoms. The third kappa shape index (κ3) is 3.06. The predicted octanol–water partition coefficient (Wildman–Crippen LogP) is 0.944. The van der Waals surface area contributed by atoms with E-state index >= 15 is 0 Å². The van der Waals surface area contributed by atoms with Crippen LogP contribution in [-0.2, 0) is 10.0 Å². The van der Waals surface area contributed by atoms with Gasteiger partial charge in [-0.1, -0.05) is 6.07 Å². The van der Waals surface area contributed by atoms with Crippen LogP contribution in [0.25, 0.3) is 0 Å². The van der Waals surface area contributed by atoms with Gasteiger partial charge in [-0.2, -0.15) is 0 Å². The highest BCUT2D eigenvalue weighted by molar-refractivity contribution is 7.89. The van der Waals surface area contributed by atoms with Crippen LogP contribution in [0, 0.1) is 13.8 Å². The maximum absolute atomic E-state index is 12.2. The summed E-state index contributed by atoms with van der Waals surface area (Å²) < 4.78 is 27.0. The zero-order valence-electron chi connectivity index (χ0n) is 10.2. The van der Waals surface area contributed by atoms with E-state index in [2.05, 4.69) is 10.0 Å². The Balaban J connectivity index is 2.24. The van der Waals surface area contributed by atoms with Crippen molar-refractivity contribution in [2.45, 2.75) is 31.2 Å². The van der Waals surface area contributed by atoms with Gasteiger partial charge in [-0.15, -0.1) is 0 Å². The van der Waals surface area contributed by atoms with Gasteiger partial charge < -0.3 is 5.32 Å². The molecule has 0 saturated carbocycles. The van der Waals surface area contributed by atoms with Crippen molar-refractivity contribution in [2.75, 3.05) is 13.1 Å². The molecular formula is C12H18N2O2S. The smallest absolute Gasteiger partial charge is 0.240 e. The van der Waals surface area contributed by atoms with E-state index in [4.69, 9.17) is 0 Å². The standard InChI is InChI=1S/C12H18N2O2S/c1-9-5-10(2)7-12(6-9)17(15,16)14-11-3-4-13-8-11/h5-7,11,13-14H,3-4,8H2,1-2H3/t11-/m1/s1. The van der Waals surface area contributed by atoms with Gasteiger partial charge in [-0.3, -0.25) is 0 Å². The number of hydrogen-bond acceptors (Lipinski definition) is 3. The predicted molar refractivity (Wildman–Crippen MR) is 67.5 cm³/mol. The normalized spacial score (nSPS) is 20.7. The fourth-order valence-electron chi connectivity index (χ4n) is 2.13. The first kappa shape index (κ1) is 12.5. The minimum absolute atomic E-state index is 0.0146. The van der Waals surface area contributed by atoms with Crippen LogP contribution in [0.1, 0.15) is 17.5 Å². The van der Waals surface area contributed by atoms with Crippen molar-refractivity contribution < 1.29 is 8.42 Å². The fourth-order valence-corrected chi connectivity index (χ4v) is 3.59. The molecule has 1 aliphatic rings. The van der Waals surface area contributed by atoms with E-state index in [-0.39, 0.29) is 6.04 Å². The molecule has 1 aliphatic heterocycles. The summed E-state index contributed by atoms with van der Waals surface area (Å²) in [7, 11) is -3.38. The second-order valence-corrected chi connectivity index (χ2v) is 6.35. The summed E-state index contributed by atoms with van der Waals surface area (Å²) in [6, 6.07) is 5.40. The van der Waals surface area contributed by atoms with Gasteiger partial charge in [-0.05, 0) is 50.1 Å². The second-order valence-electron chi connectivity index (χ2n) is 4.63. The van der Waals surface area contributed by atoms with Crippen LogP contribution >= 0.6 is 0 Å². The summed E-state index contributed by atoms with van der Waals surface area (Å²) in [5.74, 6) is 0. The molecule has 1 aromatic carbocycles. The lowest BCUT2D eigenvalue weighted by molar-refractivity contribution is 0.560. The zero-order valence-corrected chi connectivity index (χ0v) is 11.0. The van der Waals surface area contributed by atoms with Crippen LogP contribution < -0.4 is 10.0 Å².